The van der Waals surface area contributed by atoms with E-state index >= 15 is 0 Å². The molecule has 2 N–H and O–H groups in total. The van der Waals surface area contributed by atoms with Gasteiger partial charge in [0.2, 0.25) is 5.91 Å². The zero-order valence-electron chi connectivity index (χ0n) is 11.0. The smallest absolute Gasteiger partial charge is 0.255 e. The number of nitrogens with zero attached hydrogens (tertiary/aromatic N) is 1. The van der Waals surface area contributed by atoms with Crippen LogP contribution in [0.4, 0.5) is 20.3 Å². The van der Waals surface area contributed by atoms with Crippen LogP contribution in [0.5, 0.6) is 0 Å². The SMILES string of the molecule is CC(=O)Nc1cc(C(=O)Nc2ccc(F)cc2F)ccn1. The van der Waals surface area contributed by atoms with E-state index in [1.54, 1.807) is 0 Å². The van der Waals surface area contributed by atoms with Gasteiger partial charge in [0.05, 0.1) is 5.69 Å². The molecule has 2 aromatic rings. The molecule has 1 aromatic carbocycles. The second-order valence-electron chi connectivity index (χ2n) is 4.19. The van der Waals surface area contributed by atoms with Gasteiger partial charge in [-0.15, -0.1) is 0 Å². The van der Waals surface area contributed by atoms with E-state index in [9.17, 15) is 18.4 Å². The number of aromatic nitrogens is 1. The van der Waals surface area contributed by atoms with E-state index < -0.39 is 17.5 Å². The highest BCUT2D eigenvalue weighted by Crippen LogP contribution is 2.16. The van der Waals surface area contributed by atoms with Crippen molar-refractivity contribution >= 4 is 23.3 Å². The maximum Gasteiger partial charge on any atom is 0.255 e. The molecule has 7 heteroatoms. The van der Waals surface area contributed by atoms with E-state index in [0.717, 1.165) is 12.1 Å². The summed E-state index contributed by atoms with van der Waals surface area (Å²) in [5.41, 5.74) is 0.0387. The average Bonchev–Trinajstić information content (AvgIpc) is 2.41. The molecule has 2 rings (SSSR count). The number of carbonyl (C=O) groups excluding carboxylic acids is 2. The molecule has 0 aliphatic carbocycles. The van der Waals surface area contributed by atoms with Crippen LogP contribution in [-0.2, 0) is 4.79 Å². The number of hydrogen-bond acceptors (Lipinski definition) is 3. The molecule has 1 aromatic heterocycles. The predicted octanol–water partition coefficient (Wildman–Crippen LogP) is 2.57. The number of pyridine rings is 1. The molecule has 108 valence electrons. The highest BCUT2D eigenvalue weighted by atomic mass is 19.1. The van der Waals surface area contributed by atoms with Crippen molar-refractivity contribution < 1.29 is 18.4 Å². The van der Waals surface area contributed by atoms with Gasteiger partial charge in [-0.3, -0.25) is 9.59 Å². The van der Waals surface area contributed by atoms with Crippen LogP contribution >= 0.6 is 0 Å². The molecule has 0 radical (unpaired) electrons. The molecule has 0 saturated carbocycles. The molecular formula is C14H11F2N3O2. The minimum absolute atomic E-state index is 0.140. The number of amides is 2. The topological polar surface area (TPSA) is 71.1 Å². The normalized spacial score (nSPS) is 10.0. The van der Waals surface area contributed by atoms with Crippen LogP contribution in [-0.4, -0.2) is 16.8 Å². The van der Waals surface area contributed by atoms with Gasteiger partial charge in [-0.2, -0.15) is 0 Å². The molecule has 0 spiro atoms. The van der Waals surface area contributed by atoms with E-state index in [4.69, 9.17) is 0 Å². The number of rotatable bonds is 3. The summed E-state index contributed by atoms with van der Waals surface area (Å²) in [7, 11) is 0. The zero-order valence-corrected chi connectivity index (χ0v) is 11.0. The third-order valence-electron chi connectivity index (χ3n) is 2.51. The summed E-state index contributed by atoms with van der Waals surface area (Å²) in [6.45, 7) is 1.31. The summed E-state index contributed by atoms with van der Waals surface area (Å²) in [5, 5.41) is 4.74. The minimum atomic E-state index is -0.875. The van der Waals surface area contributed by atoms with Crippen molar-refractivity contribution in [2.45, 2.75) is 6.92 Å². The zero-order chi connectivity index (χ0) is 15.4. The van der Waals surface area contributed by atoms with E-state index in [2.05, 4.69) is 15.6 Å². The molecule has 0 bridgehead atoms. The number of anilines is 2. The van der Waals surface area contributed by atoms with Crippen LogP contribution in [0.3, 0.4) is 0 Å². The van der Waals surface area contributed by atoms with Crippen LogP contribution in [0, 0.1) is 11.6 Å². The van der Waals surface area contributed by atoms with Crippen molar-refractivity contribution in [2.24, 2.45) is 0 Å². The molecule has 21 heavy (non-hydrogen) atoms. The van der Waals surface area contributed by atoms with Crippen molar-refractivity contribution in [2.75, 3.05) is 10.6 Å². The first-order chi connectivity index (χ1) is 9.95. The van der Waals surface area contributed by atoms with Crippen LogP contribution < -0.4 is 10.6 Å². The van der Waals surface area contributed by atoms with Crippen molar-refractivity contribution in [1.29, 1.82) is 0 Å². The lowest BCUT2D eigenvalue weighted by atomic mass is 10.2. The Hall–Kier alpha value is -2.83. The fraction of sp³-hybridized carbons (Fsp3) is 0.0714. The monoisotopic (exact) mass is 291 g/mol. The lowest BCUT2D eigenvalue weighted by Crippen LogP contribution is -2.14. The Labute approximate surface area is 119 Å². The van der Waals surface area contributed by atoms with Crippen molar-refractivity contribution in [3.05, 3.63) is 53.7 Å². The number of nitrogens with one attached hydrogen (secondary N) is 2. The fourth-order valence-electron chi connectivity index (χ4n) is 1.61. The van der Waals surface area contributed by atoms with Crippen LogP contribution in [0.2, 0.25) is 0 Å². The Morgan fingerprint density at radius 2 is 1.86 bits per heavy atom. The van der Waals surface area contributed by atoms with E-state index in [1.807, 2.05) is 0 Å². The molecule has 1 heterocycles. The fourth-order valence-corrected chi connectivity index (χ4v) is 1.61. The van der Waals surface area contributed by atoms with Gasteiger partial charge in [-0.05, 0) is 24.3 Å². The summed E-state index contributed by atoms with van der Waals surface area (Å²) in [6.07, 6.45) is 1.33. The number of hydrogen-bond donors (Lipinski definition) is 2. The number of halogens is 2. The van der Waals surface area contributed by atoms with Crippen LogP contribution in [0.15, 0.2) is 36.5 Å². The first-order valence-electron chi connectivity index (χ1n) is 5.96. The third kappa shape index (κ3) is 3.82. The quantitative estimate of drug-likeness (QED) is 0.913. The number of benzene rings is 1. The molecule has 0 fully saturated rings. The average molecular weight is 291 g/mol. The second kappa shape index (κ2) is 6.08. The summed E-state index contributed by atoms with van der Waals surface area (Å²) in [4.78, 5) is 26.8. The van der Waals surface area contributed by atoms with Gasteiger partial charge in [-0.1, -0.05) is 0 Å². The van der Waals surface area contributed by atoms with Crippen molar-refractivity contribution in [3.8, 4) is 0 Å². The Kier molecular flexibility index (Phi) is 4.22. The summed E-state index contributed by atoms with van der Waals surface area (Å²) in [6, 6.07) is 5.58. The van der Waals surface area contributed by atoms with Crippen LogP contribution in [0.1, 0.15) is 17.3 Å². The Bertz CT molecular complexity index is 704. The minimum Gasteiger partial charge on any atom is -0.319 e. The van der Waals surface area contributed by atoms with Gasteiger partial charge >= 0.3 is 0 Å². The number of carbonyl (C=O) groups is 2. The van der Waals surface area contributed by atoms with E-state index in [0.29, 0.717) is 6.07 Å². The van der Waals surface area contributed by atoms with Gasteiger partial charge in [0.1, 0.15) is 17.5 Å². The first kappa shape index (κ1) is 14.6. The van der Waals surface area contributed by atoms with Crippen LogP contribution in [0.25, 0.3) is 0 Å². The first-order valence-corrected chi connectivity index (χ1v) is 5.96. The Balaban J connectivity index is 2.18. The predicted molar refractivity (Wildman–Crippen MR) is 72.9 cm³/mol. The molecule has 2 amide bonds. The van der Waals surface area contributed by atoms with Crippen molar-refractivity contribution in [3.63, 3.8) is 0 Å². The van der Waals surface area contributed by atoms with E-state index in [1.165, 1.54) is 25.3 Å². The molecule has 0 unspecified atom stereocenters. The summed E-state index contributed by atoms with van der Waals surface area (Å²) >= 11 is 0. The Morgan fingerprint density at radius 1 is 1.10 bits per heavy atom. The van der Waals surface area contributed by atoms with Gasteiger partial charge in [-0.25, -0.2) is 13.8 Å². The maximum atomic E-state index is 13.5. The molecule has 5 nitrogen and oxygen atoms in total. The molecule has 0 aliphatic heterocycles. The third-order valence-corrected chi connectivity index (χ3v) is 2.51. The van der Waals surface area contributed by atoms with Gasteiger partial charge < -0.3 is 10.6 Å². The molecule has 0 aliphatic rings. The van der Waals surface area contributed by atoms with Gasteiger partial charge in [0.15, 0.2) is 0 Å². The largest absolute Gasteiger partial charge is 0.319 e. The molecule has 0 saturated heterocycles. The van der Waals surface area contributed by atoms with Crippen molar-refractivity contribution in [1.82, 2.24) is 4.98 Å². The summed E-state index contributed by atoms with van der Waals surface area (Å²) in [5.74, 6) is -2.34. The molecule has 0 atom stereocenters. The lowest BCUT2D eigenvalue weighted by Gasteiger charge is -2.07. The Morgan fingerprint density at radius 3 is 2.52 bits per heavy atom. The second-order valence-corrected chi connectivity index (χ2v) is 4.19. The highest BCUT2D eigenvalue weighted by molar-refractivity contribution is 6.05. The van der Waals surface area contributed by atoms with Gasteiger partial charge in [0.25, 0.3) is 5.91 Å². The standard InChI is InChI=1S/C14H11F2N3O2/c1-8(20)18-13-6-9(4-5-17-13)14(21)19-12-3-2-10(15)7-11(12)16/h2-7H,1H3,(H,19,21)(H,17,18,20). The maximum absolute atomic E-state index is 13.5. The molecular weight excluding hydrogens is 280 g/mol. The van der Waals surface area contributed by atoms with E-state index in [-0.39, 0.29) is 23.0 Å². The summed E-state index contributed by atoms with van der Waals surface area (Å²) < 4.78 is 26.2. The lowest BCUT2D eigenvalue weighted by molar-refractivity contribution is -0.114. The van der Waals surface area contributed by atoms with Gasteiger partial charge in [0, 0.05) is 24.8 Å². The highest BCUT2D eigenvalue weighted by Gasteiger charge is 2.11.